The van der Waals surface area contributed by atoms with Crippen LogP contribution in [0.1, 0.15) is 19.4 Å². The second-order valence-corrected chi connectivity index (χ2v) is 8.02. The molecule has 12 nitrogen and oxygen atoms in total. The molecule has 0 heterocycles. The van der Waals surface area contributed by atoms with Gasteiger partial charge in [0.25, 0.3) is 11.6 Å². The van der Waals surface area contributed by atoms with E-state index >= 15 is 0 Å². The number of carbonyl (C=O) groups excluding carboxylic acids is 1. The van der Waals surface area contributed by atoms with Gasteiger partial charge in [-0.1, -0.05) is 6.07 Å². The molecule has 12 heteroatoms. The third-order valence-corrected chi connectivity index (χ3v) is 5.69. The first-order valence-corrected chi connectivity index (χ1v) is 11.8. The molecule has 0 aliphatic carbocycles. The van der Waals surface area contributed by atoms with Crippen LogP contribution in [0.3, 0.4) is 0 Å². The molecule has 0 fully saturated rings. The maximum Gasteiger partial charge on any atom is 0.318 e. The Morgan fingerprint density at radius 1 is 0.974 bits per heavy atom. The van der Waals surface area contributed by atoms with Crippen molar-refractivity contribution in [1.82, 2.24) is 0 Å². The molecule has 39 heavy (non-hydrogen) atoms. The summed E-state index contributed by atoms with van der Waals surface area (Å²) in [6.45, 7) is 5.80. The summed E-state index contributed by atoms with van der Waals surface area (Å²) in [6, 6.07) is 16.6. The lowest BCUT2D eigenvalue weighted by atomic mass is 10.1. The quantitative estimate of drug-likeness (QED) is 0.142. The Labute approximate surface area is 224 Å². The zero-order valence-corrected chi connectivity index (χ0v) is 21.4. The van der Waals surface area contributed by atoms with Gasteiger partial charge < -0.3 is 19.7 Å². The molecule has 0 aliphatic heterocycles. The number of ether oxygens (including phenoxy) is 2. The number of nitrogens with zero attached hydrogens (tertiary/aromatic N) is 4. The average Bonchev–Trinajstić information content (AvgIpc) is 2.93. The van der Waals surface area contributed by atoms with Crippen LogP contribution in [0.4, 0.5) is 22.7 Å². The van der Waals surface area contributed by atoms with Crippen molar-refractivity contribution in [3.8, 4) is 23.3 Å². The first kappa shape index (κ1) is 28.1. The molecule has 0 spiro atoms. The van der Waals surface area contributed by atoms with E-state index in [0.717, 1.165) is 37.0 Å². The molecule has 3 aromatic rings. The summed E-state index contributed by atoms with van der Waals surface area (Å²) in [6.07, 6.45) is 1.36. The molecular formula is C27H25N5O7. The van der Waals surface area contributed by atoms with E-state index < -0.39 is 27.1 Å². The van der Waals surface area contributed by atoms with E-state index in [2.05, 4.69) is 24.1 Å². The lowest BCUT2D eigenvalue weighted by Gasteiger charge is -2.21. The smallest absolute Gasteiger partial charge is 0.318 e. The molecule has 0 radical (unpaired) electrons. The Balaban J connectivity index is 1.82. The van der Waals surface area contributed by atoms with Crippen molar-refractivity contribution in [3.05, 3.63) is 92.0 Å². The van der Waals surface area contributed by atoms with E-state index in [4.69, 9.17) is 9.47 Å². The summed E-state index contributed by atoms with van der Waals surface area (Å²) in [5, 5.41) is 34.7. The molecular weight excluding hydrogens is 506 g/mol. The predicted octanol–water partition coefficient (Wildman–Crippen LogP) is 5.70. The van der Waals surface area contributed by atoms with Crippen LogP contribution in [-0.4, -0.2) is 36.0 Å². The number of hydrogen-bond acceptors (Lipinski definition) is 9. The standard InChI is InChI=1S/C27H25N5O7/c1-4-30(5-2)21-9-7-20(8-10-21)29-27(33)19(17-28)14-18-6-12-25(26(15-18)38-3)39-24-13-11-22(31(34)35)16-23(24)32(36)37/h6-16H,4-5H2,1-3H3,(H,29,33)/b19-14-. The van der Waals surface area contributed by atoms with Gasteiger partial charge in [-0.05, 0) is 68.0 Å². The van der Waals surface area contributed by atoms with Gasteiger partial charge in [0, 0.05) is 30.5 Å². The van der Waals surface area contributed by atoms with Crippen molar-refractivity contribution in [2.75, 3.05) is 30.4 Å². The first-order chi connectivity index (χ1) is 18.7. The zero-order valence-electron chi connectivity index (χ0n) is 21.4. The Bertz CT molecular complexity index is 1460. The maximum absolute atomic E-state index is 12.7. The molecule has 1 amide bonds. The van der Waals surface area contributed by atoms with E-state index in [0.29, 0.717) is 11.3 Å². The highest BCUT2D eigenvalue weighted by molar-refractivity contribution is 6.09. The van der Waals surface area contributed by atoms with Gasteiger partial charge in [0.05, 0.1) is 23.0 Å². The Kier molecular flexibility index (Phi) is 9.15. The molecule has 0 saturated heterocycles. The fourth-order valence-corrected chi connectivity index (χ4v) is 3.68. The minimum Gasteiger partial charge on any atom is -0.493 e. The van der Waals surface area contributed by atoms with Crippen molar-refractivity contribution in [3.63, 3.8) is 0 Å². The predicted molar refractivity (Wildman–Crippen MR) is 145 cm³/mol. The van der Waals surface area contributed by atoms with Gasteiger partial charge in [-0.25, -0.2) is 0 Å². The van der Waals surface area contributed by atoms with Crippen LogP contribution in [-0.2, 0) is 4.79 Å². The van der Waals surface area contributed by atoms with Crippen LogP contribution in [0.15, 0.2) is 66.2 Å². The number of nitrogens with one attached hydrogen (secondary N) is 1. The lowest BCUT2D eigenvalue weighted by molar-refractivity contribution is -0.394. The molecule has 3 rings (SSSR count). The summed E-state index contributed by atoms with van der Waals surface area (Å²) >= 11 is 0. The number of nitro groups is 2. The second kappa shape index (κ2) is 12.7. The third kappa shape index (κ3) is 6.86. The van der Waals surface area contributed by atoms with Crippen LogP contribution in [0.25, 0.3) is 6.08 Å². The lowest BCUT2D eigenvalue weighted by Crippen LogP contribution is -2.21. The average molecular weight is 532 g/mol. The molecule has 0 saturated carbocycles. The fraction of sp³-hybridized carbons (Fsp3) is 0.185. The van der Waals surface area contributed by atoms with Crippen molar-refractivity contribution in [2.24, 2.45) is 0 Å². The third-order valence-electron chi connectivity index (χ3n) is 5.69. The summed E-state index contributed by atoms with van der Waals surface area (Å²) in [7, 11) is 1.35. The van der Waals surface area contributed by atoms with Crippen molar-refractivity contribution in [1.29, 1.82) is 5.26 Å². The highest BCUT2D eigenvalue weighted by atomic mass is 16.6. The number of methoxy groups -OCH3 is 1. The number of nitro benzene ring substituents is 2. The molecule has 0 unspecified atom stereocenters. The fourth-order valence-electron chi connectivity index (χ4n) is 3.68. The number of anilines is 2. The number of non-ortho nitro benzene ring substituents is 1. The van der Waals surface area contributed by atoms with Gasteiger partial charge in [-0.15, -0.1) is 0 Å². The number of rotatable bonds is 11. The summed E-state index contributed by atoms with van der Waals surface area (Å²) in [5.41, 5.74) is 0.767. The number of benzene rings is 3. The van der Waals surface area contributed by atoms with Crippen molar-refractivity contribution >= 4 is 34.7 Å². The molecule has 0 atom stereocenters. The van der Waals surface area contributed by atoms with E-state index in [1.165, 1.54) is 31.4 Å². The molecule has 0 aromatic heterocycles. The highest BCUT2D eigenvalue weighted by Gasteiger charge is 2.22. The largest absolute Gasteiger partial charge is 0.493 e. The van der Waals surface area contributed by atoms with Gasteiger partial charge in [-0.2, -0.15) is 5.26 Å². The first-order valence-electron chi connectivity index (χ1n) is 11.8. The topological polar surface area (TPSA) is 161 Å². The van der Waals surface area contributed by atoms with Gasteiger partial charge in [0.15, 0.2) is 11.5 Å². The van der Waals surface area contributed by atoms with Crippen LogP contribution in [0.5, 0.6) is 17.2 Å². The molecule has 0 aliphatic rings. The minimum atomic E-state index is -0.791. The molecule has 0 bridgehead atoms. The van der Waals surface area contributed by atoms with Gasteiger partial charge in [0.2, 0.25) is 5.75 Å². The van der Waals surface area contributed by atoms with Crippen LogP contribution in [0.2, 0.25) is 0 Å². The second-order valence-electron chi connectivity index (χ2n) is 8.02. The summed E-state index contributed by atoms with van der Waals surface area (Å²) < 4.78 is 10.9. The Hall–Kier alpha value is -5.44. The summed E-state index contributed by atoms with van der Waals surface area (Å²) in [4.78, 5) is 35.7. The normalized spacial score (nSPS) is 10.8. The highest BCUT2D eigenvalue weighted by Crippen LogP contribution is 2.38. The van der Waals surface area contributed by atoms with Crippen LogP contribution < -0.4 is 19.7 Å². The van der Waals surface area contributed by atoms with E-state index in [1.807, 2.05) is 18.2 Å². The van der Waals surface area contributed by atoms with Crippen molar-refractivity contribution < 1.29 is 24.1 Å². The van der Waals surface area contributed by atoms with Crippen LogP contribution in [0, 0.1) is 31.6 Å². The maximum atomic E-state index is 12.7. The Morgan fingerprint density at radius 2 is 1.64 bits per heavy atom. The van der Waals surface area contributed by atoms with Crippen molar-refractivity contribution in [2.45, 2.75) is 13.8 Å². The van der Waals surface area contributed by atoms with Gasteiger partial charge in [0.1, 0.15) is 11.6 Å². The molecule has 200 valence electrons. The molecule has 1 N–H and O–H groups in total. The summed E-state index contributed by atoms with van der Waals surface area (Å²) in [5.74, 6) is -0.589. The van der Waals surface area contributed by atoms with E-state index in [9.17, 15) is 30.3 Å². The van der Waals surface area contributed by atoms with Crippen LogP contribution >= 0.6 is 0 Å². The number of carbonyl (C=O) groups is 1. The number of hydrogen-bond donors (Lipinski definition) is 1. The van der Waals surface area contributed by atoms with E-state index in [-0.39, 0.29) is 22.8 Å². The van der Waals surface area contributed by atoms with Gasteiger partial charge >= 0.3 is 5.69 Å². The van der Waals surface area contributed by atoms with Gasteiger partial charge in [-0.3, -0.25) is 25.0 Å². The Morgan fingerprint density at radius 3 is 2.21 bits per heavy atom. The molecule has 3 aromatic carbocycles. The number of nitriles is 1. The number of amides is 1. The van der Waals surface area contributed by atoms with E-state index in [1.54, 1.807) is 12.1 Å². The monoisotopic (exact) mass is 531 g/mol. The SMILES string of the molecule is CCN(CC)c1ccc(NC(=O)/C(C#N)=C\c2ccc(Oc3ccc([N+](=O)[O-])cc3[N+](=O)[O-])c(OC)c2)cc1. The zero-order chi connectivity index (χ0) is 28.5. The minimum absolute atomic E-state index is 0.0860.